The Morgan fingerprint density at radius 2 is 2.00 bits per heavy atom. The molecule has 1 heterocycles. The lowest BCUT2D eigenvalue weighted by molar-refractivity contribution is -0.130. The molecule has 124 valence electrons. The van der Waals surface area contributed by atoms with Crippen molar-refractivity contribution in [3.8, 4) is 5.75 Å². The minimum atomic E-state index is -0.0604. The average Bonchev–Trinajstić information content (AvgIpc) is 2.70. The van der Waals surface area contributed by atoms with Crippen LogP contribution in [-0.4, -0.2) is 29.8 Å². The zero-order valence-electron chi connectivity index (χ0n) is 13.9. The van der Waals surface area contributed by atoms with Crippen LogP contribution in [0.2, 0.25) is 0 Å². The summed E-state index contributed by atoms with van der Waals surface area (Å²) in [5.74, 6) is 0.691. The zero-order valence-corrected chi connectivity index (χ0v) is 15.5. The van der Waals surface area contributed by atoms with Gasteiger partial charge in [-0.1, -0.05) is 30.3 Å². The van der Waals surface area contributed by atoms with E-state index in [0.29, 0.717) is 0 Å². The van der Waals surface area contributed by atoms with Crippen LogP contribution in [0, 0.1) is 0 Å². The molecule has 5 heteroatoms. The van der Waals surface area contributed by atoms with Crippen LogP contribution in [0.1, 0.15) is 30.5 Å². The summed E-state index contributed by atoms with van der Waals surface area (Å²) in [7, 11) is 1.65. The molecule has 1 amide bonds. The fourth-order valence-electron chi connectivity index (χ4n) is 3.00. The molecule has 0 radical (unpaired) electrons. The Balaban J connectivity index is 2.25. The maximum atomic E-state index is 12.1. The van der Waals surface area contributed by atoms with Crippen LogP contribution in [0.5, 0.6) is 5.75 Å². The molecular formula is C19H19BrN2O2. The standard InChI is InChI=1S/C19H19BrN2O2/c1-12-9-15-10-17(20)18(24-3)11-16(15)19(21-22(12)13(2)23)14-7-5-4-6-8-14/h4-8,10-12H,9H2,1-3H3. The first kappa shape index (κ1) is 16.7. The highest BCUT2D eigenvalue weighted by Crippen LogP contribution is 2.33. The second-order valence-corrected chi connectivity index (χ2v) is 6.73. The second kappa shape index (κ2) is 6.77. The van der Waals surface area contributed by atoms with Gasteiger partial charge in [-0.2, -0.15) is 5.10 Å². The van der Waals surface area contributed by atoms with E-state index < -0.39 is 0 Å². The van der Waals surface area contributed by atoms with Gasteiger partial charge in [-0.05, 0) is 47.0 Å². The van der Waals surface area contributed by atoms with Gasteiger partial charge in [0, 0.05) is 18.1 Å². The lowest BCUT2D eigenvalue weighted by atomic mass is 9.94. The molecule has 4 nitrogen and oxygen atoms in total. The van der Waals surface area contributed by atoms with E-state index in [9.17, 15) is 4.79 Å². The van der Waals surface area contributed by atoms with E-state index in [4.69, 9.17) is 9.84 Å². The van der Waals surface area contributed by atoms with Crippen LogP contribution in [-0.2, 0) is 11.2 Å². The molecule has 1 atom stereocenters. The van der Waals surface area contributed by atoms with Crippen molar-refractivity contribution in [1.29, 1.82) is 0 Å². The number of carbonyl (C=O) groups excluding carboxylic acids is 1. The number of nitrogens with zero attached hydrogens (tertiary/aromatic N) is 2. The molecule has 1 aliphatic heterocycles. The maximum absolute atomic E-state index is 12.1. The number of hydrazone groups is 1. The molecule has 0 N–H and O–H groups in total. The topological polar surface area (TPSA) is 41.9 Å². The Hall–Kier alpha value is -2.14. The SMILES string of the molecule is COc1cc2c(cc1Br)CC(C)N(C(C)=O)N=C2c1ccccc1. The number of benzene rings is 2. The fourth-order valence-corrected chi connectivity index (χ4v) is 3.55. The van der Waals surface area contributed by atoms with Gasteiger partial charge in [0.05, 0.1) is 23.3 Å². The van der Waals surface area contributed by atoms with E-state index >= 15 is 0 Å². The van der Waals surface area contributed by atoms with Crippen LogP contribution in [0.15, 0.2) is 52.0 Å². The van der Waals surface area contributed by atoms with Crippen molar-refractivity contribution in [3.05, 3.63) is 63.6 Å². The number of methoxy groups -OCH3 is 1. The second-order valence-electron chi connectivity index (χ2n) is 5.88. The van der Waals surface area contributed by atoms with Crippen molar-refractivity contribution >= 4 is 27.5 Å². The Morgan fingerprint density at radius 3 is 2.62 bits per heavy atom. The number of rotatable bonds is 2. The molecule has 0 bridgehead atoms. The van der Waals surface area contributed by atoms with Crippen LogP contribution >= 0.6 is 15.9 Å². The Labute approximate surface area is 150 Å². The van der Waals surface area contributed by atoms with E-state index in [0.717, 1.165) is 39.0 Å². The first-order valence-electron chi connectivity index (χ1n) is 7.82. The van der Waals surface area contributed by atoms with Gasteiger partial charge >= 0.3 is 0 Å². The number of amides is 1. The first-order valence-corrected chi connectivity index (χ1v) is 8.61. The summed E-state index contributed by atoms with van der Waals surface area (Å²) in [6, 6.07) is 14.0. The van der Waals surface area contributed by atoms with E-state index in [-0.39, 0.29) is 11.9 Å². The van der Waals surface area contributed by atoms with Gasteiger partial charge in [0.1, 0.15) is 5.75 Å². The predicted octanol–water partition coefficient (Wildman–Crippen LogP) is 4.00. The highest BCUT2D eigenvalue weighted by atomic mass is 79.9. The van der Waals surface area contributed by atoms with E-state index in [2.05, 4.69) is 22.0 Å². The van der Waals surface area contributed by atoms with Crippen LogP contribution in [0.3, 0.4) is 0 Å². The minimum Gasteiger partial charge on any atom is -0.496 e. The molecule has 2 aromatic rings. The Bertz CT molecular complexity index is 803. The molecule has 3 rings (SSSR count). The van der Waals surface area contributed by atoms with Crippen molar-refractivity contribution < 1.29 is 9.53 Å². The molecule has 0 saturated carbocycles. The number of ether oxygens (including phenoxy) is 1. The number of hydrogen-bond acceptors (Lipinski definition) is 3. The molecule has 0 fully saturated rings. The third-order valence-corrected chi connectivity index (χ3v) is 4.76. The van der Waals surface area contributed by atoms with Crippen LogP contribution in [0.4, 0.5) is 0 Å². The van der Waals surface area contributed by atoms with Gasteiger partial charge in [0.2, 0.25) is 5.91 Å². The number of carbonyl (C=O) groups is 1. The van der Waals surface area contributed by atoms with Crippen LogP contribution in [0.25, 0.3) is 0 Å². The van der Waals surface area contributed by atoms with Gasteiger partial charge in [0.15, 0.2) is 0 Å². The van der Waals surface area contributed by atoms with Gasteiger partial charge in [-0.15, -0.1) is 0 Å². The highest BCUT2D eigenvalue weighted by Gasteiger charge is 2.26. The molecular weight excluding hydrogens is 368 g/mol. The molecule has 1 aliphatic rings. The monoisotopic (exact) mass is 386 g/mol. The zero-order chi connectivity index (χ0) is 17.3. The highest BCUT2D eigenvalue weighted by molar-refractivity contribution is 9.10. The van der Waals surface area contributed by atoms with Gasteiger partial charge in [0.25, 0.3) is 0 Å². The molecule has 0 spiro atoms. The molecule has 24 heavy (non-hydrogen) atoms. The summed E-state index contributed by atoms with van der Waals surface area (Å²) in [6.07, 6.45) is 0.733. The Kier molecular flexibility index (Phi) is 4.71. The first-order chi connectivity index (χ1) is 11.5. The number of fused-ring (bicyclic) bond motifs is 1. The summed E-state index contributed by atoms with van der Waals surface area (Å²) in [6.45, 7) is 3.57. The predicted molar refractivity (Wildman–Crippen MR) is 98.5 cm³/mol. The smallest absolute Gasteiger partial charge is 0.239 e. The Morgan fingerprint density at radius 1 is 1.29 bits per heavy atom. The largest absolute Gasteiger partial charge is 0.496 e. The van der Waals surface area contributed by atoms with Crippen molar-refractivity contribution in [2.75, 3.05) is 7.11 Å². The lowest BCUT2D eigenvalue weighted by Crippen LogP contribution is -2.33. The van der Waals surface area contributed by atoms with Crippen LogP contribution < -0.4 is 4.74 Å². The third kappa shape index (κ3) is 3.08. The summed E-state index contributed by atoms with van der Waals surface area (Å²) in [5, 5.41) is 6.27. The van der Waals surface area contributed by atoms with Crippen molar-refractivity contribution in [2.24, 2.45) is 5.10 Å². The van der Waals surface area contributed by atoms with E-state index in [1.165, 1.54) is 0 Å². The molecule has 2 aromatic carbocycles. The van der Waals surface area contributed by atoms with Crippen molar-refractivity contribution in [3.63, 3.8) is 0 Å². The summed E-state index contributed by atoms with van der Waals surface area (Å²) in [5.41, 5.74) is 3.90. The summed E-state index contributed by atoms with van der Waals surface area (Å²) in [4.78, 5) is 12.1. The van der Waals surface area contributed by atoms with Crippen molar-refractivity contribution in [2.45, 2.75) is 26.3 Å². The lowest BCUT2D eigenvalue weighted by Gasteiger charge is -2.21. The third-order valence-electron chi connectivity index (χ3n) is 4.14. The molecule has 1 unspecified atom stereocenters. The number of halogens is 1. The maximum Gasteiger partial charge on any atom is 0.239 e. The van der Waals surface area contributed by atoms with E-state index in [1.807, 2.05) is 43.3 Å². The molecule has 0 aliphatic carbocycles. The number of hydrogen-bond donors (Lipinski definition) is 0. The normalized spacial score (nSPS) is 16.9. The van der Waals surface area contributed by atoms with Crippen molar-refractivity contribution in [1.82, 2.24) is 5.01 Å². The molecule has 0 aromatic heterocycles. The van der Waals surface area contributed by atoms with Gasteiger partial charge < -0.3 is 4.74 Å². The van der Waals surface area contributed by atoms with Gasteiger partial charge in [-0.25, -0.2) is 5.01 Å². The quantitative estimate of drug-likeness (QED) is 0.782. The van der Waals surface area contributed by atoms with Gasteiger partial charge in [-0.3, -0.25) is 4.79 Å². The summed E-state index contributed by atoms with van der Waals surface area (Å²) < 4.78 is 6.36. The van der Waals surface area contributed by atoms with E-state index in [1.54, 1.807) is 19.0 Å². The minimum absolute atomic E-state index is 0.0113. The fraction of sp³-hybridized carbons (Fsp3) is 0.263. The summed E-state index contributed by atoms with van der Waals surface area (Å²) >= 11 is 3.56. The average molecular weight is 387 g/mol. The molecule has 0 saturated heterocycles.